The van der Waals surface area contributed by atoms with E-state index < -0.39 is 0 Å². The molecule has 7 nitrogen and oxygen atoms in total. The van der Waals surface area contributed by atoms with E-state index in [1.807, 2.05) is 6.07 Å². The minimum absolute atomic E-state index is 0.178. The van der Waals surface area contributed by atoms with Crippen molar-refractivity contribution in [2.75, 3.05) is 26.6 Å². The number of allylic oxidation sites excluding steroid dienone is 1. The van der Waals surface area contributed by atoms with E-state index in [-0.39, 0.29) is 11.5 Å². The molecular weight excluding hydrogens is 384 g/mol. The highest BCUT2D eigenvalue weighted by molar-refractivity contribution is 6.07. The van der Waals surface area contributed by atoms with E-state index in [0.29, 0.717) is 28.6 Å². The van der Waals surface area contributed by atoms with E-state index >= 15 is 0 Å². The molecule has 0 fully saturated rings. The van der Waals surface area contributed by atoms with Crippen LogP contribution >= 0.6 is 0 Å². The van der Waals surface area contributed by atoms with Crippen molar-refractivity contribution in [3.05, 3.63) is 71.9 Å². The van der Waals surface area contributed by atoms with Crippen molar-refractivity contribution in [3.8, 4) is 23.0 Å². The van der Waals surface area contributed by atoms with Crippen LogP contribution in [0.4, 0.5) is 11.5 Å². The number of rotatable bonds is 8. The van der Waals surface area contributed by atoms with Gasteiger partial charge in [0.1, 0.15) is 11.6 Å². The summed E-state index contributed by atoms with van der Waals surface area (Å²) in [6.07, 6.45) is 4.79. The second-order valence-corrected chi connectivity index (χ2v) is 6.22. The molecule has 2 aromatic carbocycles. The topological polar surface area (TPSA) is 89.9 Å². The molecule has 30 heavy (non-hydrogen) atoms. The van der Waals surface area contributed by atoms with Crippen molar-refractivity contribution < 1.29 is 24.1 Å². The molecule has 2 N–H and O–H groups in total. The Balaban J connectivity index is 1.86. The van der Waals surface area contributed by atoms with Gasteiger partial charge in [0.05, 0.1) is 21.3 Å². The molecule has 0 saturated heterocycles. The highest BCUT2D eigenvalue weighted by Gasteiger charge is 2.16. The summed E-state index contributed by atoms with van der Waals surface area (Å²) < 4.78 is 15.9. The number of nitrogens with zero attached hydrogens (tertiary/aromatic N) is 1. The van der Waals surface area contributed by atoms with Gasteiger partial charge in [-0.3, -0.25) is 4.79 Å². The summed E-state index contributed by atoms with van der Waals surface area (Å²) >= 11 is 0. The van der Waals surface area contributed by atoms with Crippen molar-refractivity contribution >= 4 is 23.4 Å². The van der Waals surface area contributed by atoms with Crippen LogP contribution in [0.2, 0.25) is 0 Å². The summed E-state index contributed by atoms with van der Waals surface area (Å²) in [5.41, 5.74) is 1.89. The van der Waals surface area contributed by atoms with Crippen LogP contribution in [0.5, 0.6) is 23.0 Å². The molecule has 0 unspecified atom stereocenters. The zero-order valence-electron chi connectivity index (χ0n) is 16.9. The number of hydrogen-bond acceptors (Lipinski definition) is 7. The van der Waals surface area contributed by atoms with Gasteiger partial charge in [-0.25, -0.2) is 4.98 Å². The van der Waals surface area contributed by atoms with Crippen LogP contribution in [-0.4, -0.2) is 37.2 Å². The Morgan fingerprint density at radius 2 is 1.67 bits per heavy atom. The molecule has 0 aliphatic carbocycles. The maximum absolute atomic E-state index is 12.8. The minimum Gasteiger partial charge on any atom is -0.508 e. The summed E-state index contributed by atoms with van der Waals surface area (Å²) in [5.74, 6) is 1.77. The van der Waals surface area contributed by atoms with Crippen LogP contribution in [0.3, 0.4) is 0 Å². The minimum atomic E-state index is -0.228. The summed E-state index contributed by atoms with van der Waals surface area (Å²) in [7, 11) is 4.50. The van der Waals surface area contributed by atoms with E-state index in [9.17, 15) is 9.90 Å². The molecule has 0 spiro atoms. The number of pyridine rings is 1. The molecule has 0 aliphatic rings. The van der Waals surface area contributed by atoms with Gasteiger partial charge >= 0.3 is 0 Å². The number of nitrogens with one attached hydrogen (secondary N) is 1. The van der Waals surface area contributed by atoms with Crippen molar-refractivity contribution in [2.24, 2.45) is 0 Å². The fourth-order valence-electron chi connectivity index (χ4n) is 2.82. The van der Waals surface area contributed by atoms with Gasteiger partial charge in [-0.15, -0.1) is 0 Å². The lowest BCUT2D eigenvalue weighted by molar-refractivity contribution is 0.104. The number of phenolic OH excluding ortho intramolecular Hbond substituents is 1. The van der Waals surface area contributed by atoms with E-state index in [1.165, 1.54) is 27.4 Å². The lowest BCUT2D eigenvalue weighted by Crippen LogP contribution is -2.01. The van der Waals surface area contributed by atoms with Crippen molar-refractivity contribution in [1.82, 2.24) is 4.98 Å². The van der Waals surface area contributed by atoms with Crippen LogP contribution < -0.4 is 19.5 Å². The van der Waals surface area contributed by atoms with Crippen molar-refractivity contribution in [3.63, 3.8) is 0 Å². The Labute approximate surface area is 174 Å². The van der Waals surface area contributed by atoms with Gasteiger partial charge in [-0.05, 0) is 60.7 Å². The fraction of sp³-hybridized carbons (Fsp3) is 0.130. The van der Waals surface area contributed by atoms with Crippen LogP contribution in [0.1, 0.15) is 15.9 Å². The fourth-order valence-corrected chi connectivity index (χ4v) is 2.82. The summed E-state index contributed by atoms with van der Waals surface area (Å²) in [6, 6.07) is 13.5. The largest absolute Gasteiger partial charge is 0.508 e. The van der Waals surface area contributed by atoms with Crippen LogP contribution in [0.25, 0.3) is 6.08 Å². The number of carbonyl (C=O) groups is 1. The van der Waals surface area contributed by atoms with Gasteiger partial charge in [0.15, 0.2) is 17.3 Å². The number of carbonyl (C=O) groups excluding carboxylic acids is 1. The number of anilines is 2. The first kappa shape index (κ1) is 20.7. The average Bonchev–Trinajstić information content (AvgIpc) is 2.78. The monoisotopic (exact) mass is 406 g/mol. The number of hydrogen-bond donors (Lipinski definition) is 2. The smallest absolute Gasteiger partial charge is 0.203 e. The molecule has 0 aliphatic heterocycles. The lowest BCUT2D eigenvalue weighted by atomic mass is 10.1. The zero-order valence-corrected chi connectivity index (χ0v) is 16.9. The lowest BCUT2D eigenvalue weighted by Gasteiger charge is -2.13. The third-order valence-corrected chi connectivity index (χ3v) is 4.33. The SMILES string of the molecule is COc1cc(C(=O)/C=C/c2cccnc2Nc2ccc(O)cc2)cc(OC)c1OC. The van der Waals surface area contributed by atoms with Gasteiger partial charge in [0, 0.05) is 23.0 Å². The molecule has 0 atom stereocenters. The zero-order chi connectivity index (χ0) is 21.5. The first-order valence-electron chi connectivity index (χ1n) is 9.09. The van der Waals surface area contributed by atoms with E-state index in [4.69, 9.17) is 14.2 Å². The summed E-state index contributed by atoms with van der Waals surface area (Å²) in [4.78, 5) is 17.1. The molecule has 1 aromatic heterocycles. The highest BCUT2D eigenvalue weighted by atomic mass is 16.5. The van der Waals surface area contributed by atoms with E-state index in [0.717, 1.165) is 11.3 Å². The maximum Gasteiger partial charge on any atom is 0.203 e. The Morgan fingerprint density at radius 1 is 1.00 bits per heavy atom. The van der Waals surface area contributed by atoms with Crippen LogP contribution in [0.15, 0.2) is 60.8 Å². The molecule has 0 amide bonds. The van der Waals surface area contributed by atoms with Gasteiger partial charge in [-0.2, -0.15) is 0 Å². The molecule has 7 heteroatoms. The molecule has 0 saturated carbocycles. The van der Waals surface area contributed by atoms with Gasteiger partial charge < -0.3 is 24.6 Å². The first-order chi connectivity index (χ1) is 14.5. The Morgan fingerprint density at radius 3 is 2.27 bits per heavy atom. The molecule has 1 heterocycles. The average molecular weight is 406 g/mol. The normalized spacial score (nSPS) is 10.6. The summed E-state index contributed by atoms with van der Waals surface area (Å²) in [5, 5.41) is 12.6. The van der Waals surface area contributed by atoms with Gasteiger partial charge in [-0.1, -0.05) is 0 Å². The van der Waals surface area contributed by atoms with Crippen molar-refractivity contribution in [2.45, 2.75) is 0 Å². The highest BCUT2D eigenvalue weighted by Crippen LogP contribution is 2.38. The number of aromatic nitrogens is 1. The molecular formula is C23H22N2O5. The van der Waals surface area contributed by atoms with Crippen molar-refractivity contribution in [1.29, 1.82) is 0 Å². The van der Waals surface area contributed by atoms with Gasteiger partial charge in [0.2, 0.25) is 5.75 Å². The van der Waals surface area contributed by atoms with Crippen LogP contribution in [0, 0.1) is 0 Å². The van der Waals surface area contributed by atoms with E-state index in [2.05, 4.69) is 10.3 Å². The third kappa shape index (κ3) is 4.70. The van der Waals surface area contributed by atoms with E-state index in [1.54, 1.807) is 54.7 Å². The Hall–Kier alpha value is -4.00. The predicted octanol–water partition coefficient (Wildman–Crippen LogP) is 4.45. The Bertz CT molecular complexity index is 1040. The molecule has 154 valence electrons. The quantitative estimate of drug-likeness (QED) is 0.324. The number of ether oxygens (including phenoxy) is 3. The Kier molecular flexibility index (Phi) is 6.54. The summed E-state index contributed by atoms with van der Waals surface area (Å²) in [6.45, 7) is 0. The predicted molar refractivity (Wildman–Crippen MR) is 115 cm³/mol. The molecule has 0 bridgehead atoms. The first-order valence-corrected chi connectivity index (χ1v) is 9.09. The molecule has 3 aromatic rings. The molecule has 3 rings (SSSR count). The molecule has 0 radical (unpaired) electrons. The number of aromatic hydroxyl groups is 1. The second-order valence-electron chi connectivity index (χ2n) is 6.22. The number of phenols is 1. The number of ketones is 1. The number of methoxy groups -OCH3 is 3. The maximum atomic E-state index is 12.8. The third-order valence-electron chi connectivity index (χ3n) is 4.33. The van der Waals surface area contributed by atoms with Crippen LogP contribution in [-0.2, 0) is 0 Å². The standard InChI is InChI=1S/C23H22N2O5/c1-28-20-13-16(14-21(29-2)22(20)30-3)19(27)11-6-15-5-4-12-24-23(15)25-17-7-9-18(26)10-8-17/h4-14,26H,1-3H3,(H,24,25)/b11-6+. The van der Waals surface area contributed by atoms with Gasteiger partial charge in [0.25, 0.3) is 0 Å². The number of benzene rings is 2. The second kappa shape index (κ2) is 9.47.